The van der Waals surface area contributed by atoms with Gasteiger partial charge in [-0.25, -0.2) is 0 Å². The van der Waals surface area contributed by atoms with Crippen LogP contribution in [0.4, 0.5) is 0 Å². The molecule has 0 aromatic heterocycles. The van der Waals surface area contributed by atoms with Crippen molar-refractivity contribution < 1.29 is 15.0 Å². The van der Waals surface area contributed by atoms with Crippen molar-refractivity contribution in [1.29, 1.82) is 0 Å². The molecule has 182 valence electrons. The summed E-state index contributed by atoms with van der Waals surface area (Å²) in [6, 6.07) is 0. The van der Waals surface area contributed by atoms with Gasteiger partial charge in [0.2, 0.25) is 0 Å². The summed E-state index contributed by atoms with van der Waals surface area (Å²) in [5, 5.41) is 23.5. The van der Waals surface area contributed by atoms with Crippen molar-refractivity contribution in [2.45, 2.75) is 117 Å². The Hall–Kier alpha value is -0.410. The lowest BCUT2D eigenvalue weighted by Crippen LogP contribution is -2.60. The fourth-order valence-corrected chi connectivity index (χ4v) is 10.1. The monoisotopic (exact) mass is 444 g/mol. The molecular weight excluding hydrogens is 396 g/mol. The lowest BCUT2D eigenvalue weighted by atomic mass is 9.43. The number of hydrogen-bond donors (Lipinski definition) is 2. The van der Waals surface area contributed by atoms with Gasteiger partial charge in [-0.2, -0.15) is 0 Å². The van der Waals surface area contributed by atoms with Gasteiger partial charge >= 0.3 is 0 Å². The van der Waals surface area contributed by atoms with Crippen molar-refractivity contribution in [2.24, 2.45) is 58.2 Å². The molecule has 0 radical (unpaired) electrons. The van der Waals surface area contributed by atoms with Gasteiger partial charge in [0, 0.05) is 18.3 Å². The Labute approximate surface area is 196 Å². The maximum Gasteiger partial charge on any atom is 0.133 e. The van der Waals surface area contributed by atoms with Gasteiger partial charge in [-0.3, -0.25) is 4.79 Å². The molecule has 5 aliphatic carbocycles. The molecule has 0 aromatic rings. The van der Waals surface area contributed by atoms with Crippen LogP contribution in [0.1, 0.15) is 105 Å². The average Bonchev–Trinajstić information content (AvgIpc) is 3.34. The van der Waals surface area contributed by atoms with E-state index < -0.39 is 5.60 Å². The Kier molecular flexibility index (Phi) is 5.69. The third-order valence-corrected chi connectivity index (χ3v) is 12.3. The van der Waals surface area contributed by atoms with E-state index in [1.54, 1.807) is 0 Å². The predicted molar refractivity (Wildman–Crippen MR) is 128 cm³/mol. The molecule has 5 saturated carbocycles. The highest BCUT2D eigenvalue weighted by molar-refractivity contribution is 5.79. The third kappa shape index (κ3) is 3.46. The Morgan fingerprint density at radius 3 is 2.53 bits per heavy atom. The Balaban J connectivity index is 1.34. The Morgan fingerprint density at radius 1 is 1.12 bits per heavy atom. The van der Waals surface area contributed by atoms with Crippen molar-refractivity contribution in [3.8, 4) is 0 Å². The summed E-state index contributed by atoms with van der Waals surface area (Å²) in [4.78, 5) is 12.2. The van der Waals surface area contributed by atoms with Crippen molar-refractivity contribution in [1.82, 2.24) is 0 Å². The van der Waals surface area contributed by atoms with Gasteiger partial charge in [-0.1, -0.05) is 27.7 Å². The second kappa shape index (κ2) is 7.80. The number of ketones is 1. The lowest BCUT2D eigenvalue weighted by Gasteiger charge is -2.62. The van der Waals surface area contributed by atoms with Crippen LogP contribution in [0.15, 0.2) is 0 Å². The molecule has 0 saturated heterocycles. The number of Topliss-reactive ketones (excluding diaryl/α,β-unsaturated/α-hetero) is 1. The number of carbonyl (C=O) groups excluding carboxylic acids is 1. The largest absolute Gasteiger partial charge is 0.393 e. The summed E-state index contributed by atoms with van der Waals surface area (Å²) < 4.78 is 0. The molecule has 5 aliphatic rings. The van der Waals surface area contributed by atoms with Gasteiger partial charge in [0.1, 0.15) is 5.78 Å². The number of aliphatic hydroxyl groups is 2. The minimum Gasteiger partial charge on any atom is -0.393 e. The lowest BCUT2D eigenvalue weighted by molar-refractivity contribution is -0.187. The molecule has 32 heavy (non-hydrogen) atoms. The standard InChI is InChI=1S/C29H48O3/c1-17(22-14-18(22)2)10-13-28(4,32)25-9-8-23-21-7-6-19-15-20(30)11-12-27(19,3)24(21)16-26(31)29(23,25)5/h17-19,21-26,31-32H,6-16H2,1-5H3/t17-,18+,19+,21+,22-,23+,24+,25-,26-,27+,28+,29+/m1/s1. The minimum absolute atomic E-state index is 0.172. The van der Waals surface area contributed by atoms with Crippen molar-refractivity contribution in [3.05, 3.63) is 0 Å². The maximum atomic E-state index is 12.2. The third-order valence-electron chi connectivity index (χ3n) is 12.3. The van der Waals surface area contributed by atoms with Gasteiger partial charge in [-0.05, 0) is 117 Å². The van der Waals surface area contributed by atoms with Crippen LogP contribution in [0.5, 0.6) is 0 Å². The zero-order valence-electron chi connectivity index (χ0n) is 21.3. The second-order valence-electron chi connectivity index (χ2n) is 13.9. The van der Waals surface area contributed by atoms with Gasteiger partial charge in [0.05, 0.1) is 11.7 Å². The molecule has 0 spiro atoms. The number of hydrogen-bond acceptors (Lipinski definition) is 3. The first kappa shape index (κ1) is 23.3. The van der Waals surface area contributed by atoms with Crippen LogP contribution in [0.3, 0.4) is 0 Å². The van der Waals surface area contributed by atoms with E-state index in [9.17, 15) is 15.0 Å². The van der Waals surface area contributed by atoms with Crippen LogP contribution in [0.2, 0.25) is 0 Å². The van der Waals surface area contributed by atoms with E-state index in [0.29, 0.717) is 35.4 Å². The molecule has 5 fully saturated rings. The van der Waals surface area contributed by atoms with Crippen LogP contribution in [-0.2, 0) is 4.79 Å². The molecule has 3 nitrogen and oxygen atoms in total. The second-order valence-corrected chi connectivity index (χ2v) is 13.9. The van der Waals surface area contributed by atoms with Crippen LogP contribution in [0, 0.1) is 58.2 Å². The fraction of sp³-hybridized carbons (Fsp3) is 0.966. The summed E-state index contributed by atoms with van der Waals surface area (Å²) in [6.07, 6.45) is 11.0. The van der Waals surface area contributed by atoms with E-state index in [-0.39, 0.29) is 22.9 Å². The smallest absolute Gasteiger partial charge is 0.133 e. The van der Waals surface area contributed by atoms with Crippen molar-refractivity contribution in [3.63, 3.8) is 0 Å². The number of carbonyl (C=O) groups is 1. The molecule has 0 unspecified atom stereocenters. The van der Waals surface area contributed by atoms with Gasteiger partial charge in [0.15, 0.2) is 0 Å². The Bertz CT molecular complexity index is 745. The molecule has 0 bridgehead atoms. The van der Waals surface area contributed by atoms with E-state index in [4.69, 9.17) is 0 Å². The summed E-state index contributed by atoms with van der Waals surface area (Å²) >= 11 is 0. The fourth-order valence-electron chi connectivity index (χ4n) is 10.1. The molecular formula is C29H48O3. The minimum atomic E-state index is -0.692. The highest BCUT2D eigenvalue weighted by Crippen LogP contribution is 2.68. The predicted octanol–water partition coefficient (Wildman–Crippen LogP) is 6.01. The summed E-state index contributed by atoms with van der Waals surface area (Å²) in [5.74, 6) is 5.32. The van der Waals surface area contributed by atoms with Gasteiger partial charge in [-0.15, -0.1) is 0 Å². The highest BCUT2D eigenvalue weighted by Gasteiger charge is 2.65. The number of aliphatic hydroxyl groups excluding tert-OH is 1. The van der Waals surface area contributed by atoms with E-state index in [1.165, 1.54) is 19.3 Å². The quantitative estimate of drug-likeness (QED) is 0.546. The number of rotatable bonds is 5. The van der Waals surface area contributed by atoms with Gasteiger partial charge in [0.25, 0.3) is 0 Å². The van der Waals surface area contributed by atoms with Crippen LogP contribution in [-0.4, -0.2) is 27.7 Å². The molecule has 2 N–H and O–H groups in total. The van der Waals surface area contributed by atoms with Crippen molar-refractivity contribution >= 4 is 5.78 Å². The van der Waals surface area contributed by atoms with Gasteiger partial charge < -0.3 is 10.2 Å². The SMILES string of the molecule is C[C@H](CC[C@](C)(O)[C@H]1CC[C@H]2[C@@H]3CC[C@H]4CC(=O)CC[C@]4(C)[C@H]3C[C@@H](O)[C@@]21C)[C@H]1C[C@@H]1C. The molecule has 12 atom stereocenters. The molecule has 0 amide bonds. The van der Waals surface area contributed by atoms with E-state index in [2.05, 4.69) is 34.6 Å². The summed E-state index contributed by atoms with van der Waals surface area (Å²) in [7, 11) is 0. The molecule has 3 heteroatoms. The maximum absolute atomic E-state index is 12.2. The van der Waals surface area contributed by atoms with E-state index >= 15 is 0 Å². The Morgan fingerprint density at radius 2 is 1.84 bits per heavy atom. The molecule has 0 aromatic carbocycles. The topological polar surface area (TPSA) is 57.5 Å². The first-order valence-electron chi connectivity index (χ1n) is 13.9. The summed E-state index contributed by atoms with van der Waals surface area (Å²) in [5.41, 5.74) is -0.646. The molecule has 0 aliphatic heterocycles. The highest BCUT2D eigenvalue weighted by atomic mass is 16.3. The zero-order chi connectivity index (χ0) is 23.1. The molecule has 0 heterocycles. The van der Waals surface area contributed by atoms with Crippen molar-refractivity contribution in [2.75, 3.05) is 0 Å². The first-order chi connectivity index (χ1) is 15.0. The van der Waals surface area contributed by atoms with Crippen LogP contribution in [0.25, 0.3) is 0 Å². The summed E-state index contributed by atoms with van der Waals surface area (Å²) in [6.45, 7) is 11.6. The van der Waals surface area contributed by atoms with Crippen LogP contribution < -0.4 is 0 Å². The number of fused-ring (bicyclic) bond motifs is 5. The molecule has 5 rings (SSSR count). The average molecular weight is 445 g/mol. The van der Waals surface area contributed by atoms with E-state index in [1.807, 2.05) is 0 Å². The first-order valence-corrected chi connectivity index (χ1v) is 13.9. The van der Waals surface area contributed by atoms with E-state index in [0.717, 1.165) is 63.2 Å². The van der Waals surface area contributed by atoms with Crippen LogP contribution >= 0.6 is 0 Å². The normalized spacial score (nSPS) is 53.0. The zero-order valence-corrected chi connectivity index (χ0v) is 21.3.